The number of ether oxygens (including phenoxy) is 2. The molecular weight excluding hydrogens is 530 g/mol. The van der Waals surface area contributed by atoms with Gasteiger partial charge in [-0.25, -0.2) is 9.59 Å². The molecule has 2 aromatic carbocycles. The maximum atomic E-state index is 13.5. The number of amides is 2. The van der Waals surface area contributed by atoms with Gasteiger partial charge >= 0.3 is 24.5 Å². The molecule has 0 radical (unpaired) electrons. The molecule has 0 saturated carbocycles. The van der Waals surface area contributed by atoms with Gasteiger partial charge in [0.1, 0.15) is 0 Å². The van der Waals surface area contributed by atoms with E-state index in [1.807, 2.05) is 6.92 Å². The van der Waals surface area contributed by atoms with Crippen molar-refractivity contribution >= 4 is 23.6 Å². The lowest BCUT2D eigenvalue weighted by molar-refractivity contribution is -0.143. The van der Waals surface area contributed by atoms with Crippen molar-refractivity contribution in [3.8, 4) is 0 Å². The fourth-order valence-electron chi connectivity index (χ4n) is 5.39. The number of hydrogen-bond donors (Lipinski definition) is 0. The Balaban J connectivity index is 1.88. The number of methoxy groups -OCH3 is 1. The van der Waals surface area contributed by atoms with E-state index in [1.54, 1.807) is 13.0 Å². The fourth-order valence-corrected chi connectivity index (χ4v) is 5.39. The van der Waals surface area contributed by atoms with Gasteiger partial charge in [0, 0.05) is 6.04 Å². The normalized spacial score (nSPS) is 16.9. The first kappa shape index (κ1) is 28.6. The van der Waals surface area contributed by atoms with E-state index in [9.17, 15) is 35.9 Å². The second-order valence-corrected chi connectivity index (χ2v) is 9.63. The van der Waals surface area contributed by atoms with E-state index in [0.29, 0.717) is 43.5 Å². The monoisotopic (exact) mass is 558 g/mol. The summed E-state index contributed by atoms with van der Waals surface area (Å²) in [5, 5.41) is 0. The van der Waals surface area contributed by atoms with E-state index < -0.39 is 42.2 Å². The van der Waals surface area contributed by atoms with Crippen LogP contribution < -0.4 is 9.80 Å². The van der Waals surface area contributed by atoms with Crippen molar-refractivity contribution in [1.82, 2.24) is 0 Å². The summed E-state index contributed by atoms with van der Waals surface area (Å²) in [4.78, 5) is 28.4. The maximum Gasteiger partial charge on any atom is 0.416 e. The van der Waals surface area contributed by atoms with Crippen molar-refractivity contribution in [2.75, 3.05) is 23.5 Å². The number of fused-ring (bicyclic) bond motifs is 3. The zero-order valence-electron chi connectivity index (χ0n) is 21.6. The van der Waals surface area contributed by atoms with Gasteiger partial charge in [-0.2, -0.15) is 26.3 Å². The minimum Gasteiger partial charge on any atom is -0.452 e. The van der Waals surface area contributed by atoms with Crippen LogP contribution in [0.1, 0.15) is 60.1 Å². The highest BCUT2D eigenvalue weighted by Gasteiger charge is 2.38. The largest absolute Gasteiger partial charge is 0.452 e. The Morgan fingerprint density at radius 3 is 2.13 bits per heavy atom. The summed E-state index contributed by atoms with van der Waals surface area (Å²) in [6, 6.07) is 2.60. The number of halogens is 6. The molecule has 2 aliphatic rings. The summed E-state index contributed by atoms with van der Waals surface area (Å²) >= 11 is 0. The highest BCUT2D eigenvalue weighted by molar-refractivity contribution is 5.95. The van der Waals surface area contributed by atoms with Crippen molar-refractivity contribution in [1.29, 1.82) is 0 Å². The first-order valence-corrected chi connectivity index (χ1v) is 12.5. The van der Waals surface area contributed by atoms with Crippen LogP contribution in [0.15, 0.2) is 24.3 Å². The fraction of sp³-hybridized carbons (Fsp3) is 0.481. The molecule has 1 unspecified atom stereocenters. The molecule has 2 aromatic rings. The van der Waals surface area contributed by atoms with Crippen LogP contribution in [0.25, 0.3) is 0 Å². The molecule has 0 N–H and O–H groups in total. The second-order valence-electron chi connectivity index (χ2n) is 9.63. The third-order valence-electron chi connectivity index (χ3n) is 7.12. The first-order chi connectivity index (χ1) is 18.3. The van der Waals surface area contributed by atoms with Crippen LogP contribution in [-0.2, 0) is 47.6 Å². The molecule has 1 aliphatic carbocycles. The average Bonchev–Trinajstić information content (AvgIpc) is 3.35. The van der Waals surface area contributed by atoms with Gasteiger partial charge in [-0.05, 0) is 92.5 Å². The quantitative estimate of drug-likeness (QED) is 0.370. The molecule has 39 heavy (non-hydrogen) atoms. The van der Waals surface area contributed by atoms with E-state index in [0.717, 1.165) is 35.1 Å². The Hall–Kier alpha value is -3.44. The molecule has 6 nitrogen and oxygen atoms in total. The van der Waals surface area contributed by atoms with Gasteiger partial charge in [0.25, 0.3) is 0 Å². The van der Waals surface area contributed by atoms with Crippen molar-refractivity contribution in [2.45, 2.75) is 70.9 Å². The second kappa shape index (κ2) is 10.6. The van der Waals surface area contributed by atoms with Crippen molar-refractivity contribution in [2.24, 2.45) is 0 Å². The van der Waals surface area contributed by atoms with Crippen LogP contribution in [0.3, 0.4) is 0 Å². The summed E-state index contributed by atoms with van der Waals surface area (Å²) in [5.74, 6) is 0. The third-order valence-corrected chi connectivity index (χ3v) is 7.12. The lowest BCUT2D eigenvalue weighted by Crippen LogP contribution is -2.43. The van der Waals surface area contributed by atoms with E-state index >= 15 is 0 Å². The molecule has 2 amide bonds. The van der Waals surface area contributed by atoms with Gasteiger partial charge < -0.3 is 9.47 Å². The number of alkyl halides is 6. The number of benzene rings is 2. The minimum atomic E-state index is -5.03. The maximum absolute atomic E-state index is 13.5. The number of nitrogens with zero attached hydrogens (tertiary/aromatic N) is 2. The van der Waals surface area contributed by atoms with Gasteiger partial charge in [0.15, 0.2) is 0 Å². The smallest absolute Gasteiger partial charge is 0.416 e. The summed E-state index contributed by atoms with van der Waals surface area (Å²) in [5.41, 5.74) is 0.0888. The van der Waals surface area contributed by atoms with Crippen LogP contribution in [-0.4, -0.2) is 31.9 Å². The number of carbonyl (C=O) groups excluding carboxylic acids is 2. The predicted molar refractivity (Wildman–Crippen MR) is 131 cm³/mol. The molecule has 0 bridgehead atoms. The number of hydrogen-bond acceptors (Lipinski definition) is 4. The Labute approximate surface area is 221 Å². The van der Waals surface area contributed by atoms with Gasteiger partial charge in [0.05, 0.1) is 42.8 Å². The Kier molecular flexibility index (Phi) is 7.77. The molecule has 1 aliphatic heterocycles. The molecule has 212 valence electrons. The van der Waals surface area contributed by atoms with Gasteiger partial charge in [-0.1, -0.05) is 0 Å². The van der Waals surface area contributed by atoms with Gasteiger partial charge in [-0.15, -0.1) is 0 Å². The average molecular weight is 559 g/mol. The molecule has 0 fully saturated rings. The SMILES string of the molecule is CCOC(=O)N1c2cc(N(Cc3cc(C(F)(F)F)cc(C(F)(F)F)c3)C(=O)OC)c3c(c2CCC1C)CCC3. The molecule has 4 rings (SSSR count). The topological polar surface area (TPSA) is 59.1 Å². The zero-order valence-corrected chi connectivity index (χ0v) is 21.6. The lowest BCUT2D eigenvalue weighted by Gasteiger charge is -2.37. The summed E-state index contributed by atoms with van der Waals surface area (Å²) in [7, 11) is 1.08. The molecule has 12 heteroatoms. The van der Waals surface area contributed by atoms with E-state index in [2.05, 4.69) is 0 Å². The molecule has 1 atom stereocenters. The van der Waals surface area contributed by atoms with Crippen LogP contribution in [0.5, 0.6) is 0 Å². The standard InChI is InChI=1S/C27H28F6N2O4/c1-4-39-25(37)35-15(2)8-9-21-19-6-5-7-20(19)22(13-23(21)35)34(24(36)38-3)14-16-10-17(26(28,29)30)12-18(11-16)27(31,32)33/h10-13,15H,4-9,14H2,1-3H3. The van der Waals surface area contributed by atoms with E-state index in [4.69, 9.17) is 9.47 Å². The van der Waals surface area contributed by atoms with Crippen LogP contribution >= 0.6 is 0 Å². The molecule has 0 saturated heterocycles. The van der Waals surface area contributed by atoms with E-state index in [1.165, 1.54) is 4.90 Å². The minimum absolute atomic E-state index is 0.0428. The van der Waals surface area contributed by atoms with Gasteiger partial charge in [-0.3, -0.25) is 9.80 Å². The van der Waals surface area contributed by atoms with E-state index in [-0.39, 0.29) is 30.0 Å². The van der Waals surface area contributed by atoms with Crippen LogP contribution in [0.2, 0.25) is 0 Å². The lowest BCUT2D eigenvalue weighted by atomic mass is 9.89. The number of anilines is 2. The number of rotatable bonds is 4. The summed E-state index contributed by atoms with van der Waals surface area (Å²) in [6.45, 7) is 3.05. The van der Waals surface area contributed by atoms with Crippen molar-refractivity contribution in [3.63, 3.8) is 0 Å². The Morgan fingerprint density at radius 2 is 1.56 bits per heavy atom. The predicted octanol–water partition coefficient (Wildman–Crippen LogP) is 7.28. The third kappa shape index (κ3) is 5.65. The number of carbonyl (C=O) groups is 2. The Bertz CT molecular complexity index is 1240. The highest BCUT2D eigenvalue weighted by atomic mass is 19.4. The van der Waals surface area contributed by atoms with Crippen LogP contribution in [0.4, 0.5) is 47.3 Å². The van der Waals surface area contributed by atoms with Crippen molar-refractivity contribution < 1.29 is 45.4 Å². The first-order valence-electron chi connectivity index (χ1n) is 12.5. The summed E-state index contributed by atoms with van der Waals surface area (Å²) < 4.78 is 91.1. The zero-order chi connectivity index (χ0) is 28.7. The van der Waals surface area contributed by atoms with Crippen molar-refractivity contribution in [3.05, 3.63) is 57.6 Å². The molecule has 0 aromatic heterocycles. The molecule has 0 spiro atoms. The Morgan fingerprint density at radius 1 is 0.949 bits per heavy atom. The van der Waals surface area contributed by atoms with Gasteiger partial charge in [0.2, 0.25) is 0 Å². The highest BCUT2D eigenvalue weighted by Crippen LogP contribution is 2.44. The molecular formula is C27H28F6N2O4. The summed E-state index contributed by atoms with van der Waals surface area (Å²) in [6.07, 6.45) is -8.29. The van der Waals surface area contributed by atoms with Crippen LogP contribution in [0, 0.1) is 0 Å². The molecule has 1 heterocycles.